The van der Waals surface area contributed by atoms with E-state index in [1.54, 1.807) is 6.29 Å². The first-order valence-corrected chi connectivity index (χ1v) is 4.45. The number of aromatic nitrogens is 1. The Hall–Kier alpha value is -1.61. The molecule has 2 rings (SSSR count). The van der Waals surface area contributed by atoms with E-state index < -0.39 is 6.04 Å². The fourth-order valence-electron chi connectivity index (χ4n) is 1.56. The highest BCUT2D eigenvalue weighted by molar-refractivity contribution is 5.83. The van der Waals surface area contributed by atoms with Crippen molar-refractivity contribution >= 4 is 17.2 Å². The molecule has 0 bridgehead atoms. The zero-order chi connectivity index (χ0) is 9.97. The average molecular weight is 186 g/mol. The predicted molar refractivity (Wildman–Crippen MR) is 54.6 cm³/mol. The molecule has 0 saturated heterocycles. The maximum atomic E-state index is 10.2. The van der Waals surface area contributed by atoms with Crippen LogP contribution in [-0.2, 0) is 11.2 Å². The zero-order valence-electron chi connectivity index (χ0n) is 7.58. The molecule has 2 aromatic rings. The monoisotopic (exact) mass is 186 g/mol. The SMILES string of the molecule is [NH][C@@H]([C]=O)Cc1c[nH]c2ccccc12. The van der Waals surface area contributed by atoms with Gasteiger partial charge in [-0.3, -0.25) is 4.79 Å². The van der Waals surface area contributed by atoms with Crippen molar-refractivity contribution < 1.29 is 4.79 Å². The molecule has 2 radical (unpaired) electrons. The van der Waals surface area contributed by atoms with E-state index in [0.717, 1.165) is 16.5 Å². The molecule has 0 saturated carbocycles. The van der Waals surface area contributed by atoms with Crippen LogP contribution in [0.4, 0.5) is 0 Å². The Morgan fingerprint density at radius 2 is 2.21 bits per heavy atom. The van der Waals surface area contributed by atoms with Gasteiger partial charge in [0.25, 0.3) is 0 Å². The van der Waals surface area contributed by atoms with E-state index in [1.165, 1.54) is 0 Å². The first kappa shape index (κ1) is 8.97. The summed E-state index contributed by atoms with van der Waals surface area (Å²) in [6.45, 7) is 0. The smallest absolute Gasteiger partial charge is 0.218 e. The van der Waals surface area contributed by atoms with Gasteiger partial charge in [-0.15, -0.1) is 0 Å². The Balaban J connectivity index is 2.38. The van der Waals surface area contributed by atoms with Gasteiger partial charge in [0.15, 0.2) is 0 Å². The highest BCUT2D eigenvalue weighted by atomic mass is 16.1. The third kappa shape index (κ3) is 1.54. The Morgan fingerprint density at radius 3 is 3.00 bits per heavy atom. The number of hydrogen-bond donors (Lipinski definition) is 1. The molecule has 0 amide bonds. The first-order valence-electron chi connectivity index (χ1n) is 4.45. The van der Waals surface area contributed by atoms with Crippen LogP contribution in [-0.4, -0.2) is 17.3 Å². The van der Waals surface area contributed by atoms with E-state index in [4.69, 9.17) is 5.73 Å². The van der Waals surface area contributed by atoms with Crippen molar-refractivity contribution in [1.82, 2.24) is 10.7 Å². The molecule has 1 heterocycles. The normalized spacial score (nSPS) is 12.9. The van der Waals surface area contributed by atoms with Gasteiger partial charge in [-0.05, 0) is 18.1 Å². The number of benzene rings is 1. The summed E-state index contributed by atoms with van der Waals surface area (Å²) in [7, 11) is 0. The number of carbonyl (C=O) groups excluding carboxylic acids is 1. The van der Waals surface area contributed by atoms with Crippen molar-refractivity contribution in [3.05, 3.63) is 36.0 Å². The molecule has 0 spiro atoms. The summed E-state index contributed by atoms with van der Waals surface area (Å²) in [4.78, 5) is 13.3. The molecule has 1 atom stereocenters. The first-order chi connectivity index (χ1) is 6.81. The second-order valence-corrected chi connectivity index (χ2v) is 3.23. The molecule has 0 fully saturated rings. The van der Waals surface area contributed by atoms with Crippen molar-refractivity contribution in [2.75, 3.05) is 0 Å². The van der Waals surface area contributed by atoms with Crippen molar-refractivity contribution in [1.29, 1.82) is 0 Å². The minimum absolute atomic E-state index is 0.424. The molecule has 2 N–H and O–H groups in total. The molecule has 70 valence electrons. The number of fused-ring (bicyclic) bond motifs is 1. The summed E-state index contributed by atoms with van der Waals surface area (Å²) >= 11 is 0. The van der Waals surface area contributed by atoms with Crippen molar-refractivity contribution in [2.45, 2.75) is 12.5 Å². The van der Waals surface area contributed by atoms with Crippen LogP contribution < -0.4 is 5.73 Å². The van der Waals surface area contributed by atoms with E-state index in [1.807, 2.05) is 30.5 Å². The van der Waals surface area contributed by atoms with Gasteiger partial charge in [0.05, 0.1) is 6.04 Å². The van der Waals surface area contributed by atoms with Crippen LogP contribution in [0.3, 0.4) is 0 Å². The van der Waals surface area contributed by atoms with E-state index in [0.29, 0.717) is 6.42 Å². The van der Waals surface area contributed by atoms with Crippen LogP contribution in [0.1, 0.15) is 5.56 Å². The van der Waals surface area contributed by atoms with Crippen LogP contribution >= 0.6 is 0 Å². The zero-order valence-corrected chi connectivity index (χ0v) is 7.58. The number of para-hydroxylation sites is 1. The Bertz CT molecular complexity index is 447. The highest BCUT2D eigenvalue weighted by Crippen LogP contribution is 2.18. The van der Waals surface area contributed by atoms with Crippen molar-refractivity contribution in [3.8, 4) is 0 Å². The predicted octanol–water partition coefficient (Wildman–Crippen LogP) is 1.47. The third-order valence-corrected chi connectivity index (χ3v) is 2.24. The molecule has 0 aliphatic heterocycles. The van der Waals surface area contributed by atoms with Gasteiger partial charge in [0.1, 0.15) is 0 Å². The Labute approximate surface area is 81.9 Å². The Kier molecular flexibility index (Phi) is 2.33. The van der Waals surface area contributed by atoms with Crippen molar-refractivity contribution in [3.63, 3.8) is 0 Å². The third-order valence-electron chi connectivity index (χ3n) is 2.24. The van der Waals surface area contributed by atoms with Gasteiger partial charge >= 0.3 is 0 Å². The molecule has 3 heteroatoms. The molecule has 1 aromatic carbocycles. The van der Waals surface area contributed by atoms with Crippen LogP contribution in [0.2, 0.25) is 0 Å². The van der Waals surface area contributed by atoms with Gasteiger partial charge in [-0.2, -0.15) is 0 Å². The number of nitrogens with one attached hydrogen (secondary N) is 2. The molecule has 3 nitrogen and oxygen atoms in total. The number of aromatic amines is 1. The van der Waals surface area contributed by atoms with E-state index in [2.05, 4.69) is 4.98 Å². The topological polar surface area (TPSA) is 56.7 Å². The van der Waals surface area contributed by atoms with Gasteiger partial charge in [-0.25, -0.2) is 5.73 Å². The molecule has 0 aliphatic carbocycles. The highest BCUT2D eigenvalue weighted by Gasteiger charge is 2.08. The summed E-state index contributed by atoms with van der Waals surface area (Å²) in [5, 5.41) is 1.08. The van der Waals surface area contributed by atoms with Gasteiger partial charge in [0.2, 0.25) is 6.29 Å². The number of rotatable bonds is 3. The van der Waals surface area contributed by atoms with E-state index >= 15 is 0 Å². The lowest BCUT2D eigenvalue weighted by Crippen LogP contribution is -2.13. The second kappa shape index (κ2) is 3.64. The molecule has 0 aliphatic rings. The lowest BCUT2D eigenvalue weighted by Gasteiger charge is -1.99. The standard InChI is InChI=1S/C11H10N2O/c12-9(7-14)5-8-6-13-11-4-2-1-3-10(8)11/h1-4,6,9,12-13H,5H2/t9-/m1/s1. The summed E-state index contributed by atoms with van der Waals surface area (Å²) in [5.41, 5.74) is 9.38. The maximum Gasteiger partial charge on any atom is 0.218 e. The minimum atomic E-state index is -0.783. The molecule has 0 unspecified atom stereocenters. The van der Waals surface area contributed by atoms with E-state index in [-0.39, 0.29) is 0 Å². The van der Waals surface area contributed by atoms with Crippen LogP contribution in [0.25, 0.3) is 10.9 Å². The van der Waals surface area contributed by atoms with Gasteiger partial charge in [-0.1, -0.05) is 18.2 Å². The largest absolute Gasteiger partial charge is 0.361 e. The molecular formula is C11H10N2O. The van der Waals surface area contributed by atoms with Gasteiger partial charge < -0.3 is 4.98 Å². The fraction of sp³-hybridized carbons (Fsp3) is 0.182. The minimum Gasteiger partial charge on any atom is -0.361 e. The quantitative estimate of drug-likeness (QED) is 0.775. The summed E-state index contributed by atoms with van der Waals surface area (Å²) in [6, 6.07) is 7.07. The summed E-state index contributed by atoms with van der Waals surface area (Å²) in [6.07, 6.45) is 3.95. The molecule has 14 heavy (non-hydrogen) atoms. The Morgan fingerprint density at radius 1 is 1.43 bits per heavy atom. The molecular weight excluding hydrogens is 176 g/mol. The summed E-state index contributed by atoms with van der Waals surface area (Å²) < 4.78 is 0. The van der Waals surface area contributed by atoms with E-state index in [9.17, 15) is 4.79 Å². The van der Waals surface area contributed by atoms with Gasteiger partial charge in [0, 0.05) is 17.1 Å². The van der Waals surface area contributed by atoms with Crippen LogP contribution in [0.15, 0.2) is 30.5 Å². The summed E-state index contributed by atoms with van der Waals surface area (Å²) in [5.74, 6) is 0. The maximum absolute atomic E-state index is 10.2. The molecule has 1 aromatic heterocycles. The lowest BCUT2D eigenvalue weighted by atomic mass is 10.1. The average Bonchev–Trinajstić information content (AvgIpc) is 2.62. The number of hydrogen-bond acceptors (Lipinski definition) is 1. The fourth-order valence-corrected chi connectivity index (χ4v) is 1.56. The van der Waals surface area contributed by atoms with Crippen LogP contribution in [0.5, 0.6) is 0 Å². The second-order valence-electron chi connectivity index (χ2n) is 3.23. The van der Waals surface area contributed by atoms with Crippen LogP contribution in [0, 0.1) is 0 Å². The lowest BCUT2D eigenvalue weighted by molar-refractivity contribution is 0.539. The van der Waals surface area contributed by atoms with Crippen molar-refractivity contribution in [2.24, 2.45) is 0 Å². The number of H-pyrrole nitrogens is 1.